The van der Waals surface area contributed by atoms with Gasteiger partial charge >= 0.3 is 0 Å². The molecule has 3 nitrogen and oxygen atoms in total. The summed E-state index contributed by atoms with van der Waals surface area (Å²) in [7, 11) is -4.19. The highest BCUT2D eigenvalue weighted by molar-refractivity contribution is 8.01. The SMILES string of the molecule is Cc1cc(C(C)(C)C)cc(C)c1C(=O)P(=O)(C(=O)c1c(C)c(C)c(C)c(C)c1C)c1ccccc1. The molecule has 0 bridgehead atoms. The normalized spacial score (nSPS) is 13.4. The molecule has 0 N–H and O–H groups in total. The molecule has 0 saturated heterocycles. The Kier molecular flexibility index (Phi) is 7.17. The van der Waals surface area contributed by atoms with Crippen molar-refractivity contribution in [3.63, 3.8) is 0 Å². The second-order valence-electron chi connectivity index (χ2n) is 10.8. The van der Waals surface area contributed by atoms with E-state index in [2.05, 4.69) is 20.8 Å². The zero-order valence-electron chi connectivity index (χ0n) is 22.7. The summed E-state index contributed by atoms with van der Waals surface area (Å²) in [6.07, 6.45) is 0. The molecular formula is C31H37O3P. The molecule has 0 fully saturated rings. The third kappa shape index (κ3) is 4.47. The van der Waals surface area contributed by atoms with Crippen LogP contribution in [0.3, 0.4) is 0 Å². The monoisotopic (exact) mass is 488 g/mol. The van der Waals surface area contributed by atoms with Crippen molar-refractivity contribution >= 4 is 23.5 Å². The lowest BCUT2D eigenvalue weighted by atomic mass is 9.84. The summed E-state index contributed by atoms with van der Waals surface area (Å²) in [6.45, 7) is 19.8. The van der Waals surface area contributed by atoms with Crippen molar-refractivity contribution < 1.29 is 14.2 Å². The van der Waals surface area contributed by atoms with Gasteiger partial charge in [-0.15, -0.1) is 0 Å². The van der Waals surface area contributed by atoms with Crippen LogP contribution in [0.1, 0.15) is 86.0 Å². The summed E-state index contributed by atoms with van der Waals surface area (Å²) in [5, 5.41) is 0.281. The number of carbonyl (C=O) groups is 2. The van der Waals surface area contributed by atoms with E-state index < -0.39 is 18.2 Å². The lowest BCUT2D eigenvalue weighted by Gasteiger charge is -2.25. The highest BCUT2D eigenvalue weighted by atomic mass is 31.2. The minimum atomic E-state index is -4.19. The number of hydrogen-bond acceptors (Lipinski definition) is 3. The van der Waals surface area contributed by atoms with Crippen LogP contribution in [0.2, 0.25) is 0 Å². The lowest BCUT2D eigenvalue weighted by Crippen LogP contribution is -2.24. The van der Waals surface area contributed by atoms with Crippen molar-refractivity contribution in [3.05, 3.63) is 98.1 Å². The Morgan fingerprint density at radius 1 is 0.629 bits per heavy atom. The summed E-state index contributed by atoms with van der Waals surface area (Å²) in [6, 6.07) is 12.5. The second kappa shape index (κ2) is 9.36. The van der Waals surface area contributed by atoms with Gasteiger partial charge in [-0.3, -0.25) is 9.59 Å². The largest absolute Gasteiger partial charge is 0.302 e. The summed E-state index contributed by atoms with van der Waals surface area (Å²) < 4.78 is 14.9. The molecule has 4 heteroatoms. The van der Waals surface area contributed by atoms with Crippen LogP contribution in [0.4, 0.5) is 0 Å². The van der Waals surface area contributed by atoms with Gasteiger partial charge in [-0.2, -0.15) is 0 Å². The zero-order valence-corrected chi connectivity index (χ0v) is 23.6. The van der Waals surface area contributed by atoms with E-state index in [1.165, 1.54) is 0 Å². The number of carbonyl (C=O) groups excluding carboxylic acids is 2. The van der Waals surface area contributed by atoms with Crippen LogP contribution in [0.15, 0.2) is 42.5 Å². The van der Waals surface area contributed by atoms with Crippen molar-refractivity contribution in [2.24, 2.45) is 0 Å². The predicted octanol–water partition coefficient (Wildman–Crippen LogP) is 7.81. The van der Waals surface area contributed by atoms with Crippen molar-refractivity contribution in [2.75, 3.05) is 0 Å². The van der Waals surface area contributed by atoms with E-state index in [0.29, 0.717) is 11.1 Å². The summed E-state index contributed by atoms with van der Waals surface area (Å²) in [4.78, 5) is 28.6. The Hall–Kier alpha value is -2.77. The quantitative estimate of drug-likeness (QED) is 0.344. The number of aryl methyl sites for hydroxylation is 2. The van der Waals surface area contributed by atoms with E-state index in [4.69, 9.17) is 0 Å². The van der Waals surface area contributed by atoms with Crippen LogP contribution in [-0.4, -0.2) is 11.0 Å². The number of rotatable bonds is 5. The van der Waals surface area contributed by atoms with Crippen molar-refractivity contribution in [1.82, 2.24) is 0 Å². The predicted molar refractivity (Wildman–Crippen MR) is 147 cm³/mol. The second-order valence-corrected chi connectivity index (χ2v) is 13.3. The van der Waals surface area contributed by atoms with Crippen LogP contribution in [0, 0.1) is 48.5 Å². The molecule has 0 aliphatic carbocycles. The van der Waals surface area contributed by atoms with Gasteiger partial charge in [-0.1, -0.05) is 63.2 Å². The molecule has 0 saturated carbocycles. The van der Waals surface area contributed by atoms with Crippen LogP contribution in [0.25, 0.3) is 0 Å². The maximum absolute atomic E-state index is 14.9. The van der Waals surface area contributed by atoms with Crippen LogP contribution in [0.5, 0.6) is 0 Å². The van der Waals surface area contributed by atoms with Gasteiger partial charge in [-0.05, 0) is 98.4 Å². The van der Waals surface area contributed by atoms with Gasteiger partial charge in [0.1, 0.15) is 0 Å². The first-order valence-electron chi connectivity index (χ1n) is 12.1. The Morgan fingerprint density at radius 3 is 1.46 bits per heavy atom. The van der Waals surface area contributed by atoms with E-state index >= 15 is 0 Å². The molecule has 0 spiro atoms. The molecule has 3 rings (SSSR count). The first kappa shape index (κ1) is 26.8. The fourth-order valence-corrected chi connectivity index (χ4v) is 7.40. The standard InChI is InChI=1S/C31H37O3P/c1-18-16-25(31(8,9)10)17-19(2)27(18)29(32)35(34,26-14-12-11-13-15-26)30(33)28-23(6)21(4)20(3)22(5)24(28)7/h11-17H,1-10H3. The molecule has 3 aromatic carbocycles. The van der Waals surface area contributed by atoms with Gasteiger partial charge in [0.25, 0.3) is 0 Å². The van der Waals surface area contributed by atoms with E-state index in [1.54, 1.807) is 30.3 Å². The number of benzene rings is 3. The van der Waals surface area contributed by atoms with Crippen LogP contribution >= 0.6 is 7.14 Å². The fourth-order valence-electron chi connectivity index (χ4n) is 4.83. The van der Waals surface area contributed by atoms with Gasteiger partial charge in [0.15, 0.2) is 0 Å². The van der Waals surface area contributed by atoms with E-state index in [9.17, 15) is 14.2 Å². The topological polar surface area (TPSA) is 51.2 Å². The molecule has 0 aliphatic rings. The molecule has 3 aromatic rings. The average Bonchev–Trinajstić information content (AvgIpc) is 2.80. The molecule has 0 amide bonds. The molecule has 0 aromatic heterocycles. The highest BCUT2D eigenvalue weighted by Crippen LogP contribution is 2.53. The summed E-state index contributed by atoms with van der Waals surface area (Å²) >= 11 is 0. The first-order valence-corrected chi connectivity index (χ1v) is 13.8. The molecular weight excluding hydrogens is 451 g/mol. The van der Waals surface area contributed by atoms with E-state index in [1.807, 2.05) is 60.6 Å². The molecule has 1 atom stereocenters. The third-order valence-electron chi connectivity index (χ3n) is 7.52. The molecule has 0 radical (unpaired) electrons. The van der Waals surface area contributed by atoms with E-state index in [-0.39, 0.29) is 10.7 Å². The Balaban J connectivity index is 2.35. The van der Waals surface area contributed by atoms with Gasteiger partial charge < -0.3 is 4.57 Å². The maximum Gasteiger partial charge on any atom is 0.248 e. The Bertz CT molecular complexity index is 1340. The fraction of sp³-hybridized carbons (Fsp3) is 0.355. The van der Waals surface area contributed by atoms with Gasteiger partial charge in [0.2, 0.25) is 18.2 Å². The van der Waals surface area contributed by atoms with Gasteiger partial charge in [-0.25, -0.2) is 0 Å². The zero-order chi connectivity index (χ0) is 26.5. The van der Waals surface area contributed by atoms with Crippen LogP contribution < -0.4 is 5.30 Å². The van der Waals surface area contributed by atoms with Gasteiger partial charge in [0, 0.05) is 16.4 Å². The molecule has 0 aliphatic heterocycles. The molecule has 35 heavy (non-hydrogen) atoms. The maximum atomic E-state index is 14.9. The number of hydrogen-bond donors (Lipinski definition) is 0. The summed E-state index contributed by atoms with van der Waals surface area (Å²) in [5.74, 6) is 0. The van der Waals surface area contributed by atoms with Crippen molar-refractivity contribution in [1.29, 1.82) is 0 Å². The smallest absolute Gasteiger partial charge is 0.248 e. The highest BCUT2D eigenvalue weighted by Gasteiger charge is 2.45. The average molecular weight is 489 g/mol. The van der Waals surface area contributed by atoms with Crippen molar-refractivity contribution in [2.45, 2.75) is 74.7 Å². The minimum Gasteiger partial charge on any atom is -0.302 e. The molecule has 1 unspecified atom stereocenters. The van der Waals surface area contributed by atoms with E-state index in [0.717, 1.165) is 44.5 Å². The first-order chi connectivity index (χ1) is 16.1. The molecule has 184 valence electrons. The molecule has 0 heterocycles. The minimum absolute atomic E-state index is 0.0960. The van der Waals surface area contributed by atoms with Crippen molar-refractivity contribution in [3.8, 4) is 0 Å². The van der Waals surface area contributed by atoms with Crippen LogP contribution in [-0.2, 0) is 9.98 Å². The van der Waals surface area contributed by atoms with Gasteiger partial charge in [0.05, 0.1) is 0 Å². The lowest BCUT2D eigenvalue weighted by molar-refractivity contribution is 0.104. The summed E-state index contributed by atoms with van der Waals surface area (Å²) in [5.41, 5.74) is 6.80. The Labute approximate surface area is 210 Å². The third-order valence-corrected chi connectivity index (χ3v) is 10.1. The Morgan fingerprint density at radius 2 is 1.03 bits per heavy atom.